The molecular formula is C16H25NO. The minimum absolute atomic E-state index is 0.202. The fourth-order valence-corrected chi connectivity index (χ4v) is 2.40. The van der Waals surface area contributed by atoms with E-state index in [0.29, 0.717) is 12.0 Å². The van der Waals surface area contributed by atoms with E-state index in [1.165, 1.54) is 5.56 Å². The summed E-state index contributed by atoms with van der Waals surface area (Å²) in [6.45, 7) is 9.98. The molecule has 0 aromatic heterocycles. The Bertz CT molecular complexity index is 369. The van der Waals surface area contributed by atoms with E-state index in [0.717, 1.165) is 25.1 Å². The second kappa shape index (κ2) is 5.31. The highest BCUT2D eigenvalue weighted by Gasteiger charge is 2.24. The van der Waals surface area contributed by atoms with Gasteiger partial charge in [-0.05, 0) is 51.3 Å². The Morgan fingerprint density at radius 3 is 2.72 bits per heavy atom. The van der Waals surface area contributed by atoms with Crippen LogP contribution in [0.4, 0.5) is 0 Å². The smallest absolute Gasteiger partial charge is 0.123 e. The van der Waals surface area contributed by atoms with E-state index in [4.69, 9.17) is 4.74 Å². The molecular weight excluding hydrogens is 222 g/mol. The Morgan fingerprint density at radius 2 is 2.06 bits per heavy atom. The molecule has 18 heavy (non-hydrogen) atoms. The largest absolute Gasteiger partial charge is 0.490 e. The first-order valence-corrected chi connectivity index (χ1v) is 6.93. The third-order valence-corrected chi connectivity index (χ3v) is 3.36. The Hall–Kier alpha value is -1.02. The quantitative estimate of drug-likeness (QED) is 0.880. The van der Waals surface area contributed by atoms with Gasteiger partial charge < -0.3 is 10.1 Å². The first-order valence-electron chi connectivity index (χ1n) is 6.93. The molecule has 0 bridgehead atoms. The number of nitrogens with one attached hydrogen (secondary N) is 1. The van der Waals surface area contributed by atoms with Crippen LogP contribution < -0.4 is 10.1 Å². The fraction of sp³-hybridized carbons (Fsp3) is 0.625. The molecule has 1 aromatic rings. The topological polar surface area (TPSA) is 21.3 Å². The third-order valence-electron chi connectivity index (χ3n) is 3.36. The molecule has 1 N–H and O–H groups in total. The second-order valence-electron chi connectivity index (χ2n) is 6.52. The van der Waals surface area contributed by atoms with Gasteiger partial charge in [-0.2, -0.15) is 0 Å². The van der Waals surface area contributed by atoms with E-state index < -0.39 is 0 Å². The first kappa shape index (κ1) is 13.4. The number of para-hydroxylation sites is 1. The molecule has 0 fully saturated rings. The van der Waals surface area contributed by atoms with E-state index in [1.54, 1.807) is 0 Å². The van der Waals surface area contributed by atoms with Crippen LogP contribution in [0, 0.1) is 5.92 Å². The van der Waals surface area contributed by atoms with Crippen molar-refractivity contribution < 1.29 is 4.74 Å². The molecule has 1 aliphatic heterocycles. The van der Waals surface area contributed by atoms with E-state index in [9.17, 15) is 0 Å². The Balaban J connectivity index is 1.79. The number of fused-ring (bicyclic) bond motifs is 1. The Morgan fingerprint density at radius 1 is 1.33 bits per heavy atom. The summed E-state index contributed by atoms with van der Waals surface area (Å²) in [7, 11) is 0. The Labute approximate surface area is 111 Å². The number of benzene rings is 1. The summed E-state index contributed by atoms with van der Waals surface area (Å²) < 4.78 is 5.98. The van der Waals surface area contributed by atoms with E-state index in [-0.39, 0.29) is 5.54 Å². The zero-order valence-electron chi connectivity index (χ0n) is 12.0. The van der Waals surface area contributed by atoms with Gasteiger partial charge in [-0.3, -0.25) is 0 Å². The molecule has 1 heterocycles. The highest BCUT2D eigenvalue weighted by atomic mass is 16.5. The van der Waals surface area contributed by atoms with Crippen molar-refractivity contribution >= 4 is 0 Å². The van der Waals surface area contributed by atoms with Crippen LogP contribution >= 0.6 is 0 Å². The normalized spacial score (nSPS) is 20.3. The molecule has 0 saturated carbocycles. The maximum Gasteiger partial charge on any atom is 0.123 e. The monoisotopic (exact) mass is 247 g/mol. The van der Waals surface area contributed by atoms with Gasteiger partial charge in [0.1, 0.15) is 11.9 Å². The average molecular weight is 247 g/mol. The van der Waals surface area contributed by atoms with Crippen molar-refractivity contribution in [2.24, 2.45) is 5.92 Å². The molecule has 2 heteroatoms. The predicted molar refractivity (Wildman–Crippen MR) is 76.1 cm³/mol. The molecule has 2 nitrogen and oxygen atoms in total. The van der Waals surface area contributed by atoms with Gasteiger partial charge in [-0.25, -0.2) is 0 Å². The van der Waals surface area contributed by atoms with E-state index in [1.807, 2.05) is 6.07 Å². The summed E-state index contributed by atoms with van der Waals surface area (Å²) >= 11 is 0. The van der Waals surface area contributed by atoms with Crippen LogP contribution in [0.5, 0.6) is 5.75 Å². The summed E-state index contributed by atoms with van der Waals surface area (Å²) in [4.78, 5) is 0. The Kier molecular flexibility index (Phi) is 3.96. The molecule has 100 valence electrons. The SMILES string of the molecule is CC(CNC(C)(C)C)CC1Cc2ccccc2O1. The molecule has 0 amide bonds. The van der Waals surface area contributed by atoms with Crippen LogP contribution in [0.3, 0.4) is 0 Å². The highest BCUT2D eigenvalue weighted by Crippen LogP contribution is 2.30. The standard InChI is InChI=1S/C16H25NO/c1-12(11-17-16(2,3)4)9-14-10-13-7-5-6-8-15(13)18-14/h5-8,12,14,17H,9-11H2,1-4H3. The molecule has 2 unspecified atom stereocenters. The molecule has 0 saturated heterocycles. The van der Waals surface area contributed by atoms with Crippen molar-refractivity contribution in [2.45, 2.75) is 52.2 Å². The summed E-state index contributed by atoms with van der Waals surface area (Å²) in [6.07, 6.45) is 2.55. The molecule has 1 aliphatic rings. The molecule has 1 aromatic carbocycles. The lowest BCUT2D eigenvalue weighted by molar-refractivity contribution is 0.193. The lowest BCUT2D eigenvalue weighted by atomic mass is 9.98. The van der Waals surface area contributed by atoms with Crippen LogP contribution in [-0.2, 0) is 6.42 Å². The molecule has 2 rings (SSSR count). The maximum atomic E-state index is 5.98. The van der Waals surface area contributed by atoms with Crippen LogP contribution in [0.1, 0.15) is 39.7 Å². The summed E-state index contributed by atoms with van der Waals surface area (Å²) in [5.74, 6) is 1.72. The van der Waals surface area contributed by atoms with Gasteiger partial charge in [0.2, 0.25) is 0 Å². The molecule has 0 spiro atoms. The van der Waals surface area contributed by atoms with Crippen molar-refractivity contribution in [3.63, 3.8) is 0 Å². The number of rotatable bonds is 4. The van der Waals surface area contributed by atoms with Crippen molar-refractivity contribution in [3.8, 4) is 5.75 Å². The van der Waals surface area contributed by atoms with Gasteiger partial charge in [0.25, 0.3) is 0 Å². The van der Waals surface area contributed by atoms with Crippen molar-refractivity contribution in [2.75, 3.05) is 6.54 Å². The van der Waals surface area contributed by atoms with E-state index >= 15 is 0 Å². The molecule has 0 aliphatic carbocycles. The molecule has 2 atom stereocenters. The average Bonchev–Trinajstić information content (AvgIpc) is 2.67. The number of hydrogen-bond acceptors (Lipinski definition) is 2. The van der Waals surface area contributed by atoms with Crippen molar-refractivity contribution in [1.29, 1.82) is 0 Å². The van der Waals surface area contributed by atoms with Crippen LogP contribution in [-0.4, -0.2) is 18.2 Å². The minimum atomic E-state index is 0.202. The van der Waals surface area contributed by atoms with Gasteiger partial charge >= 0.3 is 0 Å². The van der Waals surface area contributed by atoms with Crippen LogP contribution in [0.25, 0.3) is 0 Å². The summed E-state index contributed by atoms with van der Waals surface area (Å²) in [5, 5.41) is 3.56. The molecule has 0 radical (unpaired) electrons. The highest BCUT2D eigenvalue weighted by molar-refractivity contribution is 5.37. The summed E-state index contributed by atoms with van der Waals surface area (Å²) in [5.41, 5.74) is 1.56. The predicted octanol–water partition coefficient (Wildman–Crippen LogP) is 3.40. The third kappa shape index (κ3) is 3.74. The lowest BCUT2D eigenvalue weighted by Gasteiger charge is -2.24. The first-order chi connectivity index (χ1) is 8.44. The zero-order valence-corrected chi connectivity index (χ0v) is 12.0. The minimum Gasteiger partial charge on any atom is -0.490 e. The second-order valence-corrected chi connectivity index (χ2v) is 6.52. The maximum absolute atomic E-state index is 5.98. The van der Waals surface area contributed by atoms with Gasteiger partial charge in [-0.1, -0.05) is 25.1 Å². The lowest BCUT2D eigenvalue weighted by Crippen LogP contribution is -2.39. The number of ether oxygens (including phenoxy) is 1. The number of hydrogen-bond donors (Lipinski definition) is 1. The van der Waals surface area contributed by atoms with Crippen LogP contribution in [0.15, 0.2) is 24.3 Å². The van der Waals surface area contributed by atoms with Gasteiger partial charge in [0.15, 0.2) is 0 Å². The van der Waals surface area contributed by atoms with Gasteiger partial charge in [0.05, 0.1) is 0 Å². The van der Waals surface area contributed by atoms with Gasteiger partial charge in [-0.15, -0.1) is 0 Å². The van der Waals surface area contributed by atoms with Crippen molar-refractivity contribution in [1.82, 2.24) is 5.32 Å². The zero-order chi connectivity index (χ0) is 13.2. The summed E-state index contributed by atoms with van der Waals surface area (Å²) in [6, 6.07) is 8.39. The van der Waals surface area contributed by atoms with Crippen LogP contribution in [0.2, 0.25) is 0 Å². The van der Waals surface area contributed by atoms with Gasteiger partial charge in [0, 0.05) is 12.0 Å². The fourth-order valence-electron chi connectivity index (χ4n) is 2.40. The van der Waals surface area contributed by atoms with Crippen molar-refractivity contribution in [3.05, 3.63) is 29.8 Å². The van der Waals surface area contributed by atoms with E-state index in [2.05, 4.69) is 51.2 Å².